The van der Waals surface area contributed by atoms with Crippen LogP contribution in [0.1, 0.15) is 17.3 Å². The number of aliphatic hydroxyl groups excluding tert-OH is 3. The Labute approximate surface area is 120 Å². The van der Waals surface area contributed by atoms with Crippen molar-refractivity contribution >= 4 is 11.7 Å². The number of aliphatic hydroxyl groups is 3. The number of anilines is 1. The minimum Gasteiger partial charge on any atom is -0.478 e. The molecule has 0 radical (unpaired) electrons. The lowest BCUT2D eigenvalue weighted by atomic mass is 10.0. The molecule has 0 aromatic heterocycles. The number of rotatable bonds is 4. The highest BCUT2D eigenvalue weighted by Crippen LogP contribution is 2.22. The predicted molar refractivity (Wildman–Crippen MR) is 70.5 cm³/mol. The molecule has 0 saturated carbocycles. The van der Waals surface area contributed by atoms with Gasteiger partial charge in [-0.1, -0.05) is 6.07 Å². The number of benzene rings is 1. The van der Waals surface area contributed by atoms with Crippen molar-refractivity contribution in [1.29, 1.82) is 0 Å². The fourth-order valence-corrected chi connectivity index (χ4v) is 1.95. The molecule has 1 aromatic rings. The van der Waals surface area contributed by atoms with Crippen molar-refractivity contribution in [2.45, 2.75) is 37.6 Å². The van der Waals surface area contributed by atoms with Gasteiger partial charge in [0.1, 0.15) is 18.3 Å². The largest absolute Gasteiger partial charge is 0.478 e. The summed E-state index contributed by atoms with van der Waals surface area (Å²) in [4.78, 5) is 16.0. The van der Waals surface area contributed by atoms with Gasteiger partial charge in [-0.25, -0.2) is 9.63 Å². The van der Waals surface area contributed by atoms with Crippen molar-refractivity contribution in [3.05, 3.63) is 29.8 Å². The summed E-state index contributed by atoms with van der Waals surface area (Å²) in [5.74, 6) is -1.08. The molecule has 8 heteroatoms. The number of aromatic carboxylic acids is 1. The molecule has 8 nitrogen and oxygen atoms in total. The maximum Gasteiger partial charge on any atom is 0.335 e. The number of hydrogen-bond acceptors (Lipinski definition) is 7. The fourth-order valence-electron chi connectivity index (χ4n) is 1.95. The predicted octanol–water partition coefficient (Wildman–Crippen LogP) is -0.444. The van der Waals surface area contributed by atoms with Crippen LogP contribution in [0.2, 0.25) is 0 Å². The number of nitrogens with one attached hydrogen (secondary N) is 1. The zero-order valence-corrected chi connectivity index (χ0v) is 11.2. The van der Waals surface area contributed by atoms with Crippen LogP contribution in [0, 0.1) is 0 Å². The van der Waals surface area contributed by atoms with E-state index in [0.717, 1.165) is 0 Å². The SMILES string of the molecule is C[C@@H]1OC(ONc2cccc(C(=O)O)c2)[C@@H](O)[C@H](O)[C@@H]1O. The van der Waals surface area contributed by atoms with Crippen molar-refractivity contribution in [2.24, 2.45) is 0 Å². The van der Waals surface area contributed by atoms with Gasteiger partial charge < -0.3 is 25.2 Å². The molecular weight excluding hydrogens is 282 g/mol. The molecule has 5 N–H and O–H groups in total. The van der Waals surface area contributed by atoms with Crippen LogP contribution >= 0.6 is 0 Å². The molecule has 5 atom stereocenters. The third-order valence-electron chi connectivity index (χ3n) is 3.21. The minimum atomic E-state index is -1.44. The number of hydrogen-bond donors (Lipinski definition) is 5. The summed E-state index contributed by atoms with van der Waals surface area (Å²) in [5.41, 5.74) is 2.87. The van der Waals surface area contributed by atoms with E-state index in [1.54, 1.807) is 6.07 Å². The van der Waals surface area contributed by atoms with Gasteiger partial charge in [-0.05, 0) is 25.1 Å². The minimum absolute atomic E-state index is 0.0672. The molecule has 1 aliphatic heterocycles. The van der Waals surface area contributed by atoms with Gasteiger partial charge in [0.2, 0.25) is 6.29 Å². The molecular formula is C13H17NO7. The second-order valence-electron chi connectivity index (χ2n) is 4.79. The Morgan fingerprint density at radius 3 is 2.62 bits per heavy atom. The Balaban J connectivity index is 1.99. The van der Waals surface area contributed by atoms with E-state index in [1.165, 1.54) is 25.1 Å². The molecule has 2 rings (SSSR count). The lowest BCUT2D eigenvalue weighted by Gasteiger charge is -2.38. The van der Waals surface area contributed by atoms with Gasteiger partial charge in [0.25, 0.3) is 0 Å². The third kappa shape index (κ3) is 3.49. The molecule has 21 heavy (non-hydrogen) atoms. The van der Waals surface area contributed by atoms with Crippen molar-refractivity contribution < 1.29 is 34.8 Å². The number of ether oxygens (including phenoxy) is 1. The smallest absolute Gasteiger partial charge is 0.335 e. The Morgan fingerprint density at radius 2 is 1.95 bits per heavy atom. The van der Waals surface area contributed by atoms with E-state index in [2.05, 4.69) is 5.48 Å². The summed E-state index contributed by atoms with van der Waals surface area (Å²) in [6, 6.07) is 5.85. The average molecular weight is 299 g/mol. The van der Waals surface area contributed by atoms with E-state index in [1.807, 2.05) is 0 Å². The van der Waals surface area contributed by atoms with Gasteiger partial charge in [0, 0.05) is 0 Å². The molecule has 0 bridgehead atoms. The number of carboxylic acid groups (broad SMARTS) is 1. The summed E-state index contributed by atoms with van der Waals surface area (Å²) >= 11 is 0. The summed E-state index contributed by atoms with van der Waals surface area (Å²) in [6.45, 7) is 1.53. The summed E-state index contributed by atoms with van der Waals surface area (Å²) in [5, 5.41) is 37.8. The van der Waals surface area contributed by atoms with Crippen LogP contribution in [0.3, 0.4) is 0 Å². The lowest BCUT2D eigenvalue weighted by Crippen LogP contribution is -2.57. The van der Waals surface area contributed by atoms with Gasteiger partial charge in [-0.15, -0.1) is 0 Å². The first-order valence-corrected chi connectivity index (χ1v) is 6.35. The standard InChI is InChI=1S/C13H17NO7/c1-6-9(15)10(16)11(17)13(20-6)21-14-8-4-2-3-7(5-8)12(18)19/h2-6,9-11,13-17H,1H3,(H,18,19)/t6-,9+,10+,11-,13?/m0/s1. The van der Waals surface area contributed by atoms with Gasteiger partial charge >= 0.3 is 5.97 Å². The van der Waals surface area contributed by atoms with Gasteiger partial charge in [0.05, 0.1) is 17.4 Å². The summed E-state index contributed by atoms with van der Waals surface area (Å²) in [7, 11) is 0. The molecule has 116 valence electrons. The van der Waals surface area contributed by atoms with Crippen LogP contribution in [0.25, 0.3) is 0 Å². The van der Waals surface area contributed by atoms with E-state index >= 15 is 0 Å². The van der Waals surface area contributed by atoms with Crippen LogP contribution < -0.4 is 5.48 Å². The Morgan fingerprint density at radius 1 is 1.24 bits per heavy atom. The Kier molecular flexibility index (Phi) is 4.76. The van der Waals surface area contributed by atoms with E-state index in [9.17, 15) is 20.1 Å². The lowest BCUT2D eigenvalue weighted by molar-refractivity contribution is -0.286. The molecule has 1 unspecified atom stereocenters. The van der Waals surface area contributed by atoms with Crippen LogP contribution in [-0.2, 0) is 9.57 Å². The molecule has 1 heterocycles. The fraction of sp³-hybridized carbons (Fsp3) is 0.462. The van der Waals surface area contributed by atoms with Crippen molar-refractivity contribution in [2.75, 3.05) is 5.48 Å². The maximum absolute atomic E-state index is 10.8. The monoisotopic (exact) mass is 299 g/mol. The van der Waals surface area contributed by atoms with Gasteiger partial charge in [0.15, 0.2) is 0 Å². The molecule has 0 amide bonds. The normalized spacial score (nSPS) is 32.7. The Bertz CT molecular complexity index is 509. The number of carbonyl (C=O) groups is 1. The highest BCUT2D eigenvalue weighted by atomic mass is 16.8. The summed E-state index contributed by atoms with van der Waals surface area (Å²) < 4.78 is 5.22. The average Bonchev–Trinajstić information content (AvgIpc) is 2.47. The van der Waals surface area contributed by atoms with E-state index in [4.69, 9.17) is 14.7 Å². The van der Waals surface area contributed by atoms with Crippen molar-refractivity contribution in [3.8, 4) is 0 Å². The maximum atomic E-state index is 10.8. The van der Waals surface area contributed by atoms with Crippen LogP contribution in [-0.4, -0.2) is 57.1 Å². The summed E-state index contributed by atoms with van der Waals surface area (Å²) in [6.07, 6.45) is -5.97. The zero-order valence-electron chi connectivity index (χ0n) is 11.2. The zero-order chi connectivity index (χ0) is 15.6. The van der Waals surface area contributed by atoms with Crippen LogP contribution in [0.4, 0.5) is 5.69 Å². The van der Waals surface area contributed by atoms with Crippen LogP contribution in [0.5, 0.6) is 0 Å². The topological polar surface area (TPSA) is 128 Å². The highest BCUT2D eigenvalue weighted by Gasteiger charge is 2.42. The first-order valence-electron chi connectivity index (χ1n) is 6.35. The Hall–Kier alpha value is -1.71. The van der Waals surface area contributed by atoms with Crippen LogP contribution in [0.15, 0.2) is 24.3 Å². The second-order valence-corrected chi connectivity index (χ2v) is 4.79. The molecule has 1 aromatic carbocycles. The molecule has 0 spiro atoms. The molecule has 0 aliphatic carbocycles. The highest BCUT2D eigenvalue weighted by molar-refractivity contribution is 5.88. The number of carboxylic acids is 1. The van der Waals surface area contributed by atoms with Gasteiger partial charge in [-0.2, -0.15) is 0 Å². The van der Waals surface area contributed by atoms with E-state index in [-0.39, 0.29) is 5.56 Å². The van der Waals surface area contributed by atoms with Crippen molar-refractivity contribution in [1.82, 2.24) is 0 Å². The van der Waals surface area contributed by atoms with Crippen molar-refractivity contribution in [3.63, 3.8) is 0 Å². The third-order valence-corrected chi connectivity index (χ3v) is 3.21. The van der Waals surface area contributed by atoms with E-state index in [0.29, 0.717) is 5.69 Å². The molecule has 1 saturated heterocycles. The van der Waals surface area contributed by atoms with Gasteiger partial charge in [-0.3, -0.25) is 5.48 Å². The van der Waals surface area contributed by atoms with E-state index < -0.39 is 36.7 Å². The molecule has 1 fully saturated rings. The molecule has 1 aliphatic rings. The quantitative estimate of drug-likeness (QED) is 0.473. The first kappa shape index (κ1) is 15.7. The first-order chi connectivity index (χ1) is 9.90. The second kappa shape index (κ2) is 6.37.